The van der Waals surface area contributed by atoms with Crippen LogP contribution in [-0.4, -0.2) is 36.1 Å². The third kappa shape index (κ3) is 2.93. The molecule has 3 nitrogen and oxygen atoms in total. The topological polar surface area (TPSA) is 28.2 Å². The molecule has 2 unspecified atom stereocenters. The zero-order valence-electron chi connectivity index (χ0n) is 10.8. The molecule has 0 spiro atoms. The summed E-state index contributed by atoms with van der Waals surface area (Å²) in [6.07, 6.45) is 1.92. The first kappa shape index (κ1) is 12.7. The summed E-state index contributed by atoms with van der Waals surface area (Å²) in [5.41, 5.74) is 1.31. The molecule has 0 bridgehead atoms. The molecule has 0 aromatic carbocycles. The van der Waals surface area contributed by atoms with Gasteiger partial charge in [-0.3, -0.25) is 0 Å². The first-order valence-corrected chi connectivity index (χ1v) is 7.35. The average Bonchev–Trinajstić information content (AvgIpc) is 2.38. The molecule has 1 aromatic heterocycles. The van der Waals surface area contributed by atoms with E-state index in [1.165, 1.54) is 17.1 Å². The maximum atomic E-state index is 4.52. The molecular formula is C13H21N3S. The second kappa shape index (κ2) is 5.74. The summed E-state index contributed by atoms with van der Waals surface area (Å²) in [6, 6.07) is 5.27. The van der Waals surface area contributed by atoms with Crippen LogP contribution in [-0.2, 0) is 0 Å². The summed E-state index contributed by atoms with van der Waals surface area (Å²) in [5.74, 6) is 3.53. The molecule has 1 fully saturated rings. The number of nitrogens with zero attached hydrogens (tertiary/aromatic N) is 2. The van der Waals surface area contributed by atoms with E-state index in [2.05, 4.69) is 41.2 Å². The van der Waals surface area contributed by atoms with Crippen LogP contribution in [0, 0.1) is 0 Å². The van der Waals surface area contributed by atoms with Gasteiger partial charge in [-0.2, -0.15) is 11.8 Å². The van der Waals surface area contributed by atoms with Crippen molar-refractivity contribution in [3.8, 4) is 0 Å². The van der Waals surface area contributed by atoms with Crippen LogP contribution in [0.3, 0.4) is 0 Å². The van der Waals surface area contributed by atoms with Crippen molar-refractivity contribution in [1.29, 1.82) is 0 Å². The molecule has 0 aliphatic carbocycles. The summed E-state index contributed by atoms with van der Waals surface area (Å²) in [6.45, 7) is 5.56. The molecule has 0 amide bonds. The van der Waals surface area contributed by atoms with Gasteiger partial charge in [-0.1, -0.05) is 0 Å². The summed E-state index contributed by atoms with van der Waals surface area (Å²) < 4.78 is 0. The van der Waals surface area contributed by atoms with Gasteiger partial charge in [0.05, 0.1) is 0 Å². The van der Waals surface area contributed by atoms with Gasteiger partial charge in [0.2, 0.25) is 0 Å². The Kier molecular flexibility index (Phi) is 4.29. The van der Waals surface area contributed by atoms with Gasteiger partial charge in [-0.25, -0.2) is 4.98 Å². The van der Waals surface area contributed by atoms with Gasteiger partial charge < -0.3 is 10.2 Å². The van der Waals surface area contributed by atoms with E-state index in [-0.39, 0.29) is 0 Å². The van der Waals surface area contributed by atoms with Crippen LogP contribution >= 0.6 is 11.8 Å². The third-order valence-corrected chi connectivity index (χ3v) is 4.55. The van der Waals surface area contributed by atoms with Gasteiger partial charge in [0, 0.05) is 36.3 Å². The molecule has 94 valence electrons. The normalized spacial score (nSPS) is 22.5. The fourth-order valence-corrected chi connectivity index (χ4v) is 3.11. The molecule has 2 atom stereocenters. The molecule has 0 radical (unpaired) electrons. The van der Waals surface area contributed by atoms with Crippen LogP contribution in [0.25, 0.3) is 0 Å². The van der Waals surface area contributed by atoms with Gasteiger partial charge in [0.25, 0.3) is 0 Å². The summed E-state index contributed by atoms with van der Waals surface area (Å²) in [5, 5.41) is 3.27. The Hall–Kier alpha value is -0.740. The Morgan fingerprint density at radius 2 is 2.41 bits per heavy atom. The smallest absolute Gasteiger partial charge is 0.129 e. The van der Waals surface area contributed by atoms with Crippen LogP contribution in [0.1, 0.15) is 25.5 Å². The number of pyridine rings is 1. The largest absolute Gasteiger partial charge is 0.352 e. The highest BCUT2D eigenvalue weighted by molar-refractivity contribution is 7.99. The monoisotopic (exact) mass is 251 g/mol. The number of thioether (sulfide) groups is 1. The van der Waals surface area contributed by atoms with E-state index in [1.807, 2.05) is 25.0 Å². The van der Waals surface area contributed by atoms with Crippen molar-refractivity contribution in [3.63, 3.8) is 0 Å². The fraction of sp³-hybridized carbons (Fsp3) is 0.615. The maximum absolute atomic E-state index is 4.52. The van der Waals surface area contributed by atoms with Gasteiger partial charge >= 0.3 is 0 Å². The van der Waals surface area contributed by atoms with Crippen molar-refractivity contribution < 1.29 is 0 Å². The number of anilines is 1. The number of aromatic nitrogens is 1. The standard InChI is InChI=1S/C13H21N3S/c1-10-9-17-7-6-16(10)13-8-12(4-5-15-13)11(2)14-3/h4-5,8,10-11,14H,6-7,9H2,1-3H3. The molecule has 1 aromatic rings. The highest BCUT2D eigenvalue weighted by atomic mass is 32.2. The number of nitrogens with one attached hydrogen (secondary N) is 1. The second-order valence-electron chi connectivity index (χ2n) is 4.58. The lowest BCUT2D eigenvalue weighted by molar-refractivity contribution is 0.646. The molecule has 1 N–H and O–H groups in total. The quantitative estimate of drug-likeness (QED) is 0.892. The fourth-order valence-electron chi connectivity index (χ4n) is 2.09. The lowest BCUT2D eigenvalue weighted by atomic mass is 10.1. The zero-order valence-corrected chi connectivity index (χ0v) is 11.6. The second-order valence-corrected chi connectivity index (χ2v) is 5.72. The predicted molar refractivity (Wildman–Crippen MR) is 75.8 cm³/mol. The summed E-state index contributed by atoms with van der Waals surface area (Å²) in [7, 11) is 1.99. The van der Waals surface area contributed by atoms with E-state index in [0.717, 1.165) is 12.4 Å². The van der Waals surface area contributed by atoms with E-state index in [9.17, 15) is 0 Å². The summed E-state index contributed by atoms with van der Waals surface area (Å²) >= 11 is 2.03. The van der Waals surface area contributed by atoms with Crippen molar-refractivity contribution >= 4 is 17.6 Å². The Bertz CT molecular complexity index is 369. The predicted octanol–water partition coefficient (Wildman–Crippen LogP) is 2.30. The minimum absolute atomic E-state index is 0.381. The van der Waals surface area contributed by atoms with Crippen molar-refractivity contribution in [3.05, 3.63) is 23.9 Å². The maximum Gasteiger partial charge on any atom is 0.129 e. The average molecular weight is 251 g/mol. The van der Waals surface area contributed by atoms with E-state index in [0.29, 0.717) is 12.1 Å². The lowest BCUT2D eigenvalue weighted by Crippen LogP contribution is -2.41. The van der Waals surface area contributed by atoms with Crippen LogP contribution < -0.4 is 10.2 Å². The minimum atomic E-state index is 0.381. The molecule has 2 rings (SSSR count). The van der Waals surface area contributed by atoms with E-state index < -0.39 is 0 Å². The Morgan fingerprint density at radius 1 is 1.59 bits per heavy atom. The van der Waals surface area contributed by atoms with E-state index in [1.54, 1.807) is 0 Å². The molecular weight excluding hydrogens is 230 g/mol. The number of hydrogen-bond donors (Lipinski definition) is 1. The molecule has 2 heterocycles. The minimum Gasteiger partial charge on any atom is -0.352 e. The SMILES string of the molecule is CNC(C)c1ccnc(N2CCSCC2C)c1. The number of rotatable bonds is 3. The van der Waals surface area contributed by atoms with Crippen molar-refractivity contribution in [2.24, 2.45) is 0 Å². The lowest BCUT2D eigenvalue weighted by Gasteiger charge is -2.34. The van der Waals surface area contributed by atoms with Gasteiger partial charge in [-0.15, -0.1) is 0 Å². The highest BCUT2D eigenvalue weighted by Gasteiger charge is 2.20. The van der Waals surface area contributed by atoms with Crippen LogP contribution in [0.15, 0.2) is 18.3 Å². The third-order valence-electron chi connectivity index (χ3n) is 3.36. The molecule has 4 heteroatoms. The van der Waals surface area contributed by atoms with E-state index >= 15 is 0 Å². The molecule has 1 aliphatic rings. The Labute approximate surface area is 108 Å². The van der Waals surface area contributed by atoms with Crippen LogP contribution in [0.5, 0.6) is 0 Å². The molecule has 0 saturated carbocycles. The number of hydrogen-bond acceptors (Lipinski definition) is 4. The molecule has 17 heavy (non-hydrogen) atoms. The summed E-state index contributed by atoms with van der Waals surface area (Å²) in [4.78, 5) is 6.94. The van der Waals surface area contributed by atoms with Crippen molar-refractivity contribution in [2.75, 3.05) is 30.0 Å². The van der Waals surface area contributed by atoms with Gasteiger partial charge in [0.15, 0.2) is 0 Å². The molecule has 1 saturated heterocycles. The van der Waals surface area contributed by atoms with E-state index in [4.69, 9.17) is 0 Å². The van der Waals surface area contributed by atoms with Gasteiger partial charge in [-0.05, 0) is 38.6 Å². The van der Waals surface area contributed by atoms with Gasteiger partial charge in [0.1, 0.15) is 5.82 Å². The Morgan fingerprint density at radius 3 is 3.12 bits per heavy atom. The van der Waals surface area contributed by atoms with Crippen molar-refractivity contribution in [2.45, 2.75) is 25.9 Å². The first-order chi connectivity index (χ1) is 8.22. The molecule has 1 aliphatic heterocycles. The van der Waals surface area contributed by atoms with Crippen LogP contribution in [0.2, 0.25) is 0 Å². The zero-order chi connectivity index (χ0) is 12.3. The van der Waals surface area contributed by atoms with Crippen molar-refractivity contribution in [1.82, 2.24) is 10.3 Å². The van der Waals surface area contributed by atoms with Crippen LogP contribution in [0.4, 0.5) is 5.82 Å². The highest BCUT2D eigenvalue weighted by Crippen LogP contribution is 2.24. The first-order valence-electron chi connectivity index (χ1n) is 6.20. The Balaban J connectivity index is 2.20.